The highest BCUT2D eigenvalue weighted by Crippen LogP contribution is 2.42. The molecule has 1 heterocycles. The maximum atomic E-state index is 12.9. The van der Waals surface area contributed by atoms with E-state index < -0.39 is 17.7 Å². The highest BCUT2D eigenvalue weighted by molar-refractivity contribution is 6.51. The van der Waals surface area contributed by atoms with Crippen LogP contribution in [0.2, 0.25) is 0 Å². The Kier molecular flexibility index (Phi) is 4.41. The second-order valence-electron chi connectivity index (χ2n) is 6.46. The fourth-order valence-corrected chi connectivity index (χ4v) is 3.41. The number of aromatic hydroxyl groups is 1. The number of phenolic OH excluding ortho intramolecular Hbond substituents is 1. The lowest BCUT2D eigenvalue weighted by Gasteiger charge is -2.25. The van der Waals surface area contributed by atoms with Gasteiger partial charge in [-0.05, 0) is 29.8 Å². The minimum absolute atomic E-state index is 0.0192. The summed E-state index contributed by atoms with van der Waals surface area (Å²) in [6.45, 7) is 0. The minimum atomic E-state index is -0.803. The number of phenols is 1. The van der Waals surface area contributed by atoms with E-state index in [-0.39, 0.29) is 17.1 Å². The summed E-state index contributed by atoms with van der Waals surface area (Å²) in [7, 11) is 0. The Balaban J connectivity index is 1.95. The predicted octanol–water partition coefficient (Wildman–Crippen LogP) is 4.02. The van der Waals surface area contributed by atoms with Crippen molar-refractivity contribution >= 4 is 23.1 Å². The van der Waals surface area contributed by atoms with Crippen LogP contribution in [0.1, 0.15) is 17.2 Å². The van der Waals surface area contributed by atoms with Gasteiger partial charge >= 0.3 is 0 Å². The summed E-state index contributed by atoms with van der Waals surface area (Å²) in [6, 6.07) is 23.0. The number of rotatable bonds is 3. The summed E-state index contributed by atoms with van der Waals surface area (Å²) in [5, 5.41) is 20.5. The van der Waals surface area contributed by atoms with E-state index in [2.05, 4.69) is 0 Å². The Morgan fingerprint density at radius 2 is 1.36 bits per heavy atom. The molecule has 0 radical (unpaired) electrons. The molecule has 1 fully saturated rings. The highest BCUT2D eigenvalue weighted by atomic mass is 16.3. The van der Waals surface area contributed by atoms with Crippen LogP contribution in [-0.4, -0.2) is 21.9 Å². The minimum Gasteiger partial charge on any atom is -0.508 e. The summed E-state index contributed by atoms with van der Waals surface area (Å²) in [5.41, 5.74) is 1.64. The fraction of sp³-hybridized carbons (Fsp3) is 0.0435. The average molecular weight is 371 g/mol. The van der Waals surface area contributed by atoms with Crippen LogP contribution >= 0.6 is 0 Å². The Morgan fingerprint density at radius 3 is 1.96 bits per heavy atom. The smallest absolute Gasteiger partial charge is 0.300 e. The van der Waals surface area contributed by atoms with E-state index >= 15 is 0 Å². The van der Waals surface area contributed by atoms with Crippen molar-refractivity contribution in [3.05, 3.63) is 102 Å². The van der Waals surface area contributed by atoms with E-state index in [0.717, 1.165) is 0 Å². The molecule has 1 aliphatic rings. The van der Waals surface area contributed by atoms with Crippen LogP contribution in [0.25, 0.3) is 5.76 Å². The number of benzene rings is 3. The van der Waals surface area contributed by atoms with Gasteiger partial charge in [0, 0.05) is 11.3 Å². The number of aliphatic hydroxyl groups is 1. The van der Waals surface area contributed by atoms with Gasteiger partial charge in [0.05, 0.1) is 11.6 Å². The largest absolute Gasteiger partial charge is 0.508 e. The summed E-state index contributed by atoms with van der Waals surface area (Å²) >= 11 is 0. The maximum Gasteiger partial charge on any atom is 0.300 e. The van der Waals surface area contributed by atoms with Crippen LogP contribution in [0.4, 0.5) is 5.69 Å². The molecular formula is C23H17NO4. The molecule has 3 aromatic rings. The molecule has 5 heteroatoms. The van der Waals surface area contributed by atoms with Crippen molar-refractivity contribution in [2.75, 3.05) is 4.90 Å². The first-order valence-electron chi connectivity index (χ1n) is 8.78. The highest BCUT2D eigenvalue weighted by Gasteiger charge is 2.46. The maximum absolute atomic E-state index is 12.9. The fourth-order valence-electron chi connectivity index (χ4n) is 3.41. The molecule has 1 saturated heterocycles. The third-order valence-electron chi connectivity index (χ3n) is 4.73. The molecule has 0 aliphatic carbocycles. The van der Waals surface area contributed by atoms with Gasteiger partial charge in [-0.2, -0.15) is 0 Å². The van der Waals surface area contributed by atoms with Gasteiger partial charge in [0.2, 0.25) is 0 Å². The zero-order chi connectivity index (χ0) is 19.7. The molecule has 138 valence electrons. The zero-order valence-electron chi connectivity index (χ0n) is 14.8. The van der Waals surface area contributed by atoms with Crippen molar-refractivity contribution in [2.45, 2.75) is 6.04 Å². The number of aliphatic hydroxyl groups excluding tert-OH is 1. The number of carbonyl (C=O) groups is 2. The van der Waals surface area contributed by atoms with Crippen molar-refractivity contribution in [1.29, 1.82) is 0 Å². The van der Waals surface area contributed by atoms with Crippen LogP contribution in [0.15, 0.2) is 90.5 Å². The number of hydrogen-bond donors (Lipinski definition) is 2. The van der Waals surface area contributed by atoms with Crippen molar-refractivity contribution in [3.63, 3.8) is 0 Å². The second kappa shape index (κ2) is 7.04. The van der Waals surface area contributed by atoms with E-state index in [9.17, 15) is 19.8 Å². The summed E-state index contributed by atoms with van der Waals surface area (Å²) in [5.74, 6) is -1.61. The van der Waals surface area contributed by atoms with E-state index in [1.54, 1.807) is 66.7 Å². The van der Waals surface area contributed by atoms with Crippen molar-refractivity contribution in [1.82, 2.24) is 0 Å². The molecule has 1 unspecified atom stereocenters. The molecule has 1 amide bonds. The topological polar surface area (TPSA) is 77.8 Å². The van der Waals surface area contributed by atoms with Gasteiger partial charge in [-0.15, -0.1) is 0 Å². The Labute approximate surface area is 161 Å². The van der Waals surface area contributed by atoms with Crippen molar-refractivity contribution < 1.29 is 19.8 Å². The van der Waals surface area contributed by atoms with Gasteiger partial charge in [0.15, 0.2) is 0 Å². The molecule has 0 spiro atoms. The van der Waals surface area contributed by atoms with Gasteiger partial charge in [0.1, 0.15) is 11.5 Å². The first-order chi connectivity index (χ1) is 13.6. The molecule has 4 rings (SSSR count). The van der Waals surface area contributed by atoms with Gasteiger partial charge < -0.3 is 10.2 Å². The van der Waals surface area contributed by atoms with Crippen LogP contribution in [0.3, 0.4) is 0 Å². The molecule has 5 nitrogen and oxygen atoms in total. The molecule has 28 heavy (non-hydrogen) atoms. The molecule has 2 N–H and O–H groups in total. The van der Waals surface area contributed by atoms with Crippen LogP contribution in [-0.2, 0) is 9.59 Å². The van der Waals surface area contributed by atoms with E-state index in [0.29, 0.717) is 16.8 Å². The number of ketones is 1. The summed E-state index contributed by atoms with van der Waals surface area (Å²) in [4.78, 5) is 27.2. The number of carbonyl (C=O) groups excluding carboxylic acids is 2. The van der Waals surface area contributed by atoms with Crippen molar-refractivity contribution in [2.24, 2.45) is 0 Å². The number of hydrogen-bond acceptors (Lipinski definition) is 4. The standard InChI is InChI=1S/C23H17NO4/c25-18-13-11-15(12-14-18)20-19(21(26)16-7-3-1-4-8-16)22(27)23(28)24(20)17-9-5-2-6-10-17/h1-14,20,25-26H/b21-19-. The summed E-state index contributed by atoms with van der Waals surface area (Å²) in [6.07, 6.45) is 0. The second-order valence-corrected chi connectivity index (χ2v) is 6.46. The number of Topliss-reactive ketones (excluding diaryl/α,β-unsaturated/α-hetero) is 1. The lowest BCUT2D eigenvalue weighted by Crippen LogP contribution is -2.29. The van der Waals surface area contributed by atoms with Crippen LogP contribution < -0.4 is 4.90 Å². The predicted molar refractivity (Wildman–Crippen MR) is 106 cm³/mol. The average Bonchev–Trinajstić information content (AvgIpc) is 3.00. The number of amides is 1. The van der Waals surface area contributed by atoms with Gasteiger partial charge in [-0.1, -0.05) is 60.7 Å². The van der Waals surface area contributed by atoms with Gasteiger partial charge in [0.25, 0.3) is 11.7 Å². The normalized spacial score (nSPS) is 18.4. The van der Waals surface area contributed by atoms with Gasteiger partial charge in [-0.25, -0.2) is 0 Å². The quantitative estimate of drug-likeness (QED) is 0.414. The van der Waals surface area contributed by atoms with Gasteiger partial charge in [-0.3, -0.25) is 14.5 Å². The van der Waals surface area contributed by atoms with E-state index in [4.69, 9.17) is 0 Å². The number of anilines is 1. The first kappa shape index (κ1) is 17.5. The number of nitrogens with zero attached hydrogens (tertiary/aromatic N) is 1. The number of para-hydroxylation sites is 1. The molecule has 0 saturated carbocycles. The third-order valence-corrected chi connectivity index (χ3v) is 4.73. The molecule has 3 aromatic carbocycles. The van der Waals surface area contributed by atoms with Crippen LogP contribution in [0.5, 0.6) is 5.75 Å². The molecule has 1 atom stereocenters. The van der Waals surface area contributed by atoms with Crippen molar-refractivity contribution in [3.8, 4) is 5.75 Å². The first-order valence-corrected chi connectivity index (χ1v) is 8.78. The third kappa shape index (κ3) is 2.93. The van der Waals surface area contributed by atoms with E-state index in [1.807, 2.05) is 6.07 Å². The molecule has 0 bridgehead atoms. The molecule has 1 aliphatic heterocycles. The van der Waals surface area contributed by atoms with E-state index in [1.165, 1.54) is 17.0 Å². The summed E-state index contributed by atoms with van der Waals surface area (Å²) < 4.78 is 0. The lowest BCUT2D eigenvalue weighted by molar-refractivity contribution is -0.132. The lowest BCUT2D eigenvalue weighted by atomic mass is 9.95. The monoisotopic (exact) mass is 371 g/mol. The molecule has 0 aromatic heterocycles. The van der Waals surface area contributed by atoms with Crippen LogP contribution in [0, 0.1) is 0 Å². The Hall–Kier alpha value is -3.86. The molecular weight excluding hydrogens is 354 g/mol. The SMILES string of the molecule is O=C1C(=O)N(c2ccccc2)C(c2ccc(O)cc2)/C1=C(/O)c1ccccc1. The Bertz CT molecular complexity index is 1060. The zero-order valence-corrected chi connectivity index (χ0v) is 14.8. The Morgan fingerprint density at radius 1 is 0.786 bits per heavy atom.